The molecule has 2 aromatic carbocycles. The number of carbonyl (C=O) groups excluding carboxylic acids is 1. The number of halogens is 1. The van der Waals surface area contributed by atoms with Crippen LogP contribution in [0, 0.1) is 30.0 Å². The van der Waals surface area contributed by atoms with Crippen LogP contribution in [0.1, 0.15) is 49.4 Å². The lowest BCUT2D eigenvalue weighted by Crippen LogP contribution is -2.41. The van der Waals surface area contributed by atoms with Crippen molar-refractivity contribution in [3.63, 3.8) is 0 Å². The smallest absolute Gasteiger partial charge is 0.262 e. The molecule has 32 heavy (non-hydrogen) atoms. The van der Waals surface area contributed by atoms with Crippen LogP contribution < -0.4 is 5.32 Å². The molecule has 5 heteroatoms. The van der Waals surface area contributed by atoms with Crippen LogP contribution in [-0.4, -0.2) is 16.5 Å². The topological polar surface area (TPSA) is 57.8 Å². The third kappa shape index (κ3) is 4.45. The fourth-order valence-electron chi connectivity index (χ4n) is 4.73. The van der Waals surface area contributed by atoms with Gasteiger partial charge in [0, 0.05) is 34.7 Å². The fraction of sp³-hybridized carbons (Fsp3) is 0.333. The molecule has 2 atom stereocenters. The Morgan fingerprint density at radius 3 is 2.75 bits per heavy atom. The molecule has 1 saturated carbocycles. The van der Waals surface area contributed by atoms with Gasteiger partial charge in [-0.05, 0) is 55.5 Å². The number of carbonyl (C=O) groups is 1. The van der Waals surface area contributed by atoms with Gasteiger partial charge in [-0.3, -0.25) is 4.79 Å². The SMILES string of the molecule is Cc1c(/C=C(\C#N)C(=O)N[C@@H]2CCCC[C@@H]2C)c2ccccc2n1Cc1cccc(F)c1. The summed E-state index contributed by atoms with van der Waals surface area (Å²) < 4.78 is 15.8. The second kappa shape index (κ2) is 9.40. The molecule has 0 unspecified atom stereocenters. The molecule has 164 valence electrons. The zero-order chi connectivity index (χ0) is 22.7. The van der Waals surface area contributed by atoms with E-state index < -0.39 is 0 Å². The predicted molar refractivity (Wildman–Crippen MR) is 125 cm³/mol. The summed E-state index contributed by atoms with van der Waals surface area (Å²) in [5.74, 6) is -0.160. The molecule has 0 radical (unpaired) electrons. The van der Waals surface area contributed by atoms with E-state index in [0.29, 0.717) is 12.5 Å². The number of nitrogens with zero attached hydrogens (tertiary/aromatic N) is 2. The fourth-order valence-corrected chi connectivity index (χ4v) is 4.73. The van der Waals surface area contributed by atoms with E-state index in [4.69, 9.17) is 0 Å². The van der Waals surface area contributed by atoms with Gasteiger partial charge >= 0.3 is 0 Å². The van der Waals surface area contributed by atoms with Gasteiger partial charge in [-0.15, -0.1) is 0 Å². The molecule has 0 aliphatic heterocycles. The lowest BCUT2D eigenvalue weighted by atomic mass is 9.86. The van der Waals surface area contributed by atoms with Crippen LogP contribution in [0.4, 0.5) is 4.39 Å². The minimum atomic E-state index is -0.312. The van der Waals surface area contributed by atoms with E-state index in [1.54, 1.807) is 12.1 Å². The zero-order valence-corrected chi connectivity index (χ0v) is 18.6. The highest BCUT2D eigenvalue weighted by molar-refractivity contribution is 6.04. The Balaban J connectivity index is 1.70. The molecule has 4 rings (SSSR count). The molecule has 1 amide bonds. The van der Waals surface area contributed by atoms with Gasteiger partial charge in [0.2, 0.25) is 0 Å². The Kier molecular flexibility index (Phi) is 6.41. The van der Waals surface area contributed by atoms with Crippen LogP contribution in [-0.2, 0) is 11.3 Å². The number of amides is 1. The summed E-state index contributed by atoms with van der Waals surface area (Å²) in [6.07, 6.45) is 6.05. The van der Waals surface area contributed by atoms with Crippen molar-refractivity contribution < 1.29 is 9.18 Å². The van der Waals surface area contributed by atoms with Crippen LogP contribution in [0.15, 0.2) is 54.1 Å². The van der Waals surface area contributed by atoms with Gasteiger partial charge in [0.25, 0.3) is 5.91 Å². The Hall–Kier alpha value is -3.39. The number of rotatable bonds is 5. The highest BCUT2D eigenvalue weighted by Crippen LogP contribution is 2.29. The third-order valence-electron chi connectivity index (χ3n) is 6.59. The number of nitrogens with one attached hydrogen (secondary N) is 1. The molecule has 1 aliphatic rings. The van der Waals surface area contributed by atoms with Gasteiger partial charge < -0.3 is 9.88 Å². The van der Waals surface area contributed by atoms with Crippen molar-refractivity contribution in [3.05, 3.63) is 76.7 Å². The first-order chi connectivity index (χ1) is 15.5. The number of para-hydroxylation sites is 1. The summed E-state index contributed by atoms with van der Waals surface area (Å²) in [5, 5.41) is 13.8. The van der Waals surface area contributed by atoms with Gasteiger partial charge in [-0.2, -0.15) is 5.26 Å². The number of aromatic nitrogens is 1. The zero-order valence-electron chi connectivity index (χ0n) is 18.6. The average Bonchev–Trinajstić information content (AvgIpc) is 3.04. The Labute approximate surface area is 188 Å². The van der Waals surface area contributed by atoms with Gasteiger partial charge in [0.15, 0.2) is 0 Å². The molecule has 0 bridgehead atoms. The summed E-state index contributed by atoms with van der Waals surface area (Å²) in [6.45, 7) is 4.64. The maximum atomic E-state index is 13.7. The normalized spacial score (nSPS) is 19.0. The van der Waals surface area contributed by atoms with E-state index >= 15 is 0 Å². The van der Waals surface area contributed by atoms with E-state index in [1.807, 2.05) is 37.3 Å². The summed E-state index contributed by atoms with van der Waals surface area (Å²) >= 11 is 0. The van der Waals surface area contributed by atoms with Crippen LogP contribution in [0.3, 0.4) is 0 Å². The minimum absolute atomic E-state index is 0.111. The quantitative estimate of drug-likeness (QED) is 0.415. The highest BCUT2D eigenvalue weighted by Gasteiger charge is 2.24. The van der Waals surface area contributed by atoms with Crippen LogP contribution in [0.5, 0.6) is 0 Å². The van der Waals surface area contributed by atoms with E-state index in [0.717, 1.165) is 47.0 Å². The van der Waals surface area contributed by atoms with Gasteiger partial charge in [-0.1, -0.05) is 50.1 Å². The summed E-state index contributed by atoms with van der Waals surface area (Å²) in [5.41, 5.74) is 3.73. The number of hydrogen-bond donors (Lipinski definition) is 1. The monoisotopic (exact) mass is 429 g/mol. The second-order valence-electron chi connectivity index (χ2n) is 8.74. The molecule has 1 N–H and O–H groups in total. The van der Waals surface area contributed by atoms with E-state index in [9.17, 15) is 14.4 Å². The molecule has 0 saturated heterocycles. The molecule has 1 heterocycles. The number of benzene rings is 2. The maximum absolute atomic E-state index is 13.7. The van der Waals surface area contributed by atoms with Gasteiger partial charge in [-0.25, -0.2) is 4.39 Å². The largest absolute Gasteiger partial charge is 0.348 e. The van der Waals surface area contributed by atoms with Crippen LogP contribution in [0.2, 0.25) is 0 Å². The molecule has 0 spiro atoms. The minimum Gasteiger partial charge on any atom is -0.348 e. The number of fused-ring (bicyclic) bond motifs is 1. The molecule has 1 aliphatic carbocycles. The number of hydrogen-bond acceptors (Lipinski definition) is 2. The second-order valence-corrected chi connectivity index (χ2v) is 8.74. The lowest BCUT2D eigenvalue weighted by Gasteiger charge is -2.29. The first kappa shape index (κ1) is 21.8. The third-order valence-corrected chi connectivity index (χ3v) is 6.59. The molecular formula is C27H28FN3O. The maximum Gasteiger partial charge on any atom is 0.262 e. The molecule has 1 aromatic heterocycles. The van der Waals surface area contributed by atoms with E-state index in [1.165, 1.54) is 18.6 Å². The van der Waals surface area contributed by atoms with Crippen molar-refractivity contribution in [2.75, 3.05) is 0 Å². The van der Waals surface area contributed by atoms with Crippen molar-refractivity contribution in [1.82, 2.24) is 9.88 Å². The van der Waals surface area contributed by atoms with Crippen LogP contribution in [0.25, 0.3) is 17.0 Å². The summed E-state index contributed by atoms with van der Waals surface area (Å²) in [6, 6.07) is 16.7. The highest BCUT2D eigenvalue weighted by atomic mass is 19.1. The lowest BCUT2D eigenvalue weighted by molar-refractivity contribution is -0.118. The number of nitriles is 1. The summed E-state index contributed by atoms with van der Waals surface area (Å²) in [4.78, 5) is 12.9. The van der Waals surface area contributed by atoms with Crippen molar-refractivity contribution in [3.8, 4) is 6.07 Å². The molecule has 3 aromatic rings. The van der Waals surface area contributed by atoms with E-state index in [2.05, 4.69) is 22.9 Å². The standard InChI is InChI=1S/C27H28FN3O/c1-18-8-3-5-12-25(18)30-27(32)21(16-29)15-24-19(2)31(26-13-6-4-11-23(24)26)17-20-9-7-10-22(28)14-20/h4,6-7,9-11,13-15,18,25H,3,5,8,12,17H2,1-2H3,(H,30,32)/b21-15+/t18-,25+/m0/s1. The molecule has 4 nitrogen and oxygen atoms in total. The van der Waals surface area contributed by atoms with Crippen molar-refractivity contribution in [2.24, 2.45) is 5.92 Å². The van der Waals surface area contributed by atoms with Crippen molar-refractivity contribution in [1.29, 1.82) is 5.26 Å². The van der Waals surface area contributed by atoms with Crippen LogP contribution >= 0.6 is 0 Å². The van der Waals surface area contributed by atoms with E-state index in [-0.39, 0.29) is 23.3 Å². The van der Waals surface area contributed by atoms with Crippen molar-refractivity contribution in [2.45, 2.75) is 52.1 Å². The first-order valence-electron chi connectivity index (χ1n) is 11.2. The first-order valence-corrected chi connectivity index (χ1v) is 11.2. The molecule has 1 fully saturated rings. The Bertz CT molecular complexity index is 1220. The van der Waals surface area contributed by atoms with Gasteiger partial charge in [0.1, 0.15) is 17.5 Å². The summed E-state index contributed by atoms with van der Waals surface area (Å²) in [7, 11) is 0. The Morgan fingerprint density at radius 2 is 2.00 bits per heavy atom. The van der Waals surface area contributed by atoms with Gasteiger partial charge in [0.05, 0.1) is 0 Å². The predicted octanol–water partition coefficient (Wildman–Crippen LogP) is 5.74. The molecular weight excluding hydrogens is 401 g/mol. The van der Waals surface area contributed by atoms with Crippen molar-refractivity contribution >= 4 is 22.9 Å². The average molecular weight is 430 g/mol. The Morgan fingerprint density at radius 1 is 1.22 bits per heavy atom.